The fraction of sp³-hybridized carbons (Fsp3) is 0.469. The van der Waals surface area contributed by atoms with Crippen molar-refractivity contribution in [3.05, 3.63) is 70.0 Å². The maximum Gasteiger partial charge on any atom is 0.270 e. The summed E-state index contributed by atoms with van der Waals surface area (Å²) in [6.45, 7) is 6.01. The zero-order chi connectivity index (χ0) is 27.3. The summed E-state index contributed by atoms with van der Waals surface area (Å²) in [5.41, 5.74) is 7.89. The number of ether oxygens (including phenoxy) is 2. The number of H-pyrrole nitrogens is 1. The third-order valence-electron chi connectivity index (χ3n) is 10.7. The molecule has 0 saturated carbocycles. The van der Waals surface area contributed by atoms with Crippen LogP contribution in [0.1, 0.15) is 51.0 Å². The van der Waals surface area contributed by atoms with E-state index in [2.05, 4.69) is 40.9 Å². The van der Waals surface area contributed by atoms with Gasteiger partial charge in [-0.15, -0.1) is 0 Å². The van der Waals surface area contributed by atoms with Crippen molar-refractivity contribution in [2.75, 3.05) is 51.8 Å². The number of piperazine rings is 1. The molecule has 2 aliphatic carbocycles. The Kier molecular flexibility index (Phi) is 5.09. The standard InChI is InChI=1S/C32H36N4O4/c1-18-22-17-23-24-16-19-4-9-25(39-3)29-26(19)32(23,10-11-34(24)2)30(40-29)28(22)33-27(18)31(38)36-14-12-35(13-15-36)20-5-7-21(37)8-6-20/h4-9,23-24,30,33,37H,10-17H2,1-3H3/t23?,24-,30-,32-/m0/s1. The van der Waals surface area contributed by atoms with Crippen molar-refractivity contribution in [1.29, 1.82) is 0 Å². The third kappa shape index (κ3) is 3.08. The molecule has 0 radical (unpaired) electrons. The number of carbonyl (C=O) groups excluding carboxylic acids is 1. The molecule has 1 amide bonds. The number of nitrogens with zero attached hydrogens (tertiary/aromatic N) is 3. The summed E-state index contributed by atoms with van der Waals surface area (Å²) in [6, 6.07) is 12.1. The Bertz CT molecular complexity index is 1520. The largest absolute Gasteiger partial charge is 0.508 e. The van der Waals surface area contributed by atoms with Gasteiger partial charge in [0.15, 0.2) is 11.5 Å². The number of aromatic hydroxyl groups is 1. The molecule has 5 aliphatic rings. The van der Waals surface area contributed by atoms with E-state index in [1.807, 2.05) is 17.0 Å². The monoisotopic (exact) mass is 540 g/mol. The van der Waals surface area contributed by atoms with Crippen LogP contribution in [0.4, 0.5) is 5.69 Å². The second-order valence-electron chi connectivity index (χ2n) is 12.3. The van der Waals surface area contributed by atoms with Crippen LogP contribution in [0.25, 0.3) is 0 Å². The molecule has 8 heteroatoms. The molecule has 2 bridgehead atoms. The van der Waals surface area contributed by atoms with E-state index >= 15 is 0 Å². The van der Waals surface area contributed by atoms with Crippen molar-refractivity contribution >= 4 is 11.6 Å². The number of phenolic OH excluding ortho intramolecular Hbond substituents is 1. The van der Waals surface area contributed by atoms with Gasteiger partial charge in [-0.3, -0.25) is 4.79 Å². The number of fused-ring (bicyclic) bond motifs is 2. The molecule has 2 fully saturated rings. The Labute approximate surface area is 234 Å². The smallest absolute Gasteiger partial charge is 0.270 e. The van der Waals surface area contributed by atoms with Crippen LogP contribution in [0.15, 0.2) is 36.4 Å². The lowest BCUT2D eigenvalue weighted by Crippen LogP contribution is -2.62. The number of likely N-dealkylation sites (tertiary alicyclic amines) is 1. The maximum absolute atomic E-state index is 14.0. The molecule has 2 aromatic carbocycles. The molecule has 4 atom stereocenters. The van der Waals surface area contributed by atoms with E-state index in [0.29, 0.717) is 30.7 Å². The highest BCUT2D eigenvalue weighted by molar-refractivity contribution is 5.95. The molecule has 208 valence electrons. The Hall–Kier alpha value is -3.65. The molecule has 3 aromatic rings. The van der Waals surface area contributed by atoms with Crippen LogP contribution in [0.5, 0.6) is 17.2 Å². The number of hydrogen-bond acceptors (Lipinski definition) is 6. The third-order valence-corrected chi connectivity index (χ3v) is 10.7. The normalized spacial score (nSPS) is 28.1. The highest BCUT2D eigenvalue weighted by atomic mass is 16.5. The summed E-state index contributed by atoms with van der Waals surface area (Å²) >= 11 is 0. The lowest BCUT2D eigenvalue weighted by molar-refractivity contribution is -0.0256. The number of hydrogen-bond donors (Lipinski definition) is 2. The number of rotatable bonds is 3. The number of carbonyl (C=O) groups is 1. The number of likely N-dealkylation sites (N-methyl/N-ethyl adjacent to an activating group) is 1. The minimum Gasteiger partial charge on any atom is -0.508 e. The summed E-state index contributed by atoms with van der Waals surface area (Å²) in [5.74, 6) is 2.51. The average molecular weight is 541 g/mol. The predicted octanol–water partition coefficient (Wildman–Crippen LogP) is 3.80. The lowest BCUT2D eigenvalue weighted by Gasteiger charge is -2.57. The number of benzene rings is 2. The van der Waals surface area contributed by atoms with Crippen LogP contribution < -0.4 is 14.4 Å². The molecule has 4 heterocycles. The summed E-state index contributed by atoms with van der Waals surface area (Å²) < 4.78 is 12.7. The summed E-state index contributed by atoms with van der Waals surface area (Å²) in [4.78, 5) is 24.4. The van der Waals surface area contributed by atoms with Crippen LogP contribution in [-0.2, 0) is 18.3 Å². The second-order valence-corrected chi connectivity index (χ2v) is 12.3. The van der Waals surface area contributed by atoms with E-state index in [1.54, 1.807) is 19.2 Å². The molecule has 2 saturated heterocycles. The number of aromatic nitrogens is 1. The van der Waals surface area contributed by atoms with E-state index in [1.165, 1.54) is 16.7 Å². The zero-order valence-electron chi connectivity index (χ0n) is 23.4. The number of aromatic amines is 1. The van der Waals surface area contributed by atoms with E-state index < -0.39 is 0 Å². The SMILES string of the molecule is COc1ccc2c3c1O[C@H]1c4[nH]c(C(=O)N5CCN(c6ccc(O)cc6)CC5)c(C)c4CC4[C@H](C2)N(C)CC[C@@]341. The molecular weight excluding hydrogens is 504 g/mol. The number of methoxy groups -OCH3 is 1. The number of phenols is 1. The summed E-state index contributed by atoms with van der Waals surface area (Å²) in [5, 5.41) is 9.63. The van der Waals surface area contributed by atoms with Crippen molar-refractivity contribution in [2.24, 2.45) is 5.92 Å². The van der Waals surface area contributed by atoms with Crippen molar-refractivity contribution in [2.45, 2.75) is 43.7 Å². The van der Waals surface area contributed by atoms with Gasteiger partial charge < -0.3 is 34.3 Å². The summed E-state index contributed by atoms with van der Waals surface area (Å²) in [7, 11) is 3.99. The molecule has 3 aliphatic heterocycles. The topological polar surface area (TPSA) is 81.3 Å². The first kappa shape index (κ1) is 24.2. The average Bonchev–Trinajstić information content (AvgIpc) is 3.49. The number of anilines is 1. The van der Waals surface area contributed by atoms with E-state index in [9.17, 15) is 9.90 Å². The summed E-state index contributed by atoms with van der Waals surface area (Å²) in [6.07, 6.45) is 2.91. The molecule has 1 unspecified atom stereocenters. The fourth-order valence-corrected chi connectivity index (χ4v) is 8.64. The number of piperidine rings is 1. The van der Waals surface area contributed by atoms with Crippen molar-refractivity contribution in [3.8, 4) is 17.2 Å². The van der Waals surface area contributed by atoms with Crippen LogP contribution in [0, 0.1) is 12.8 Å². The Morgan fingerprint density at radius 1 is 1.07 bits per heavy atom. The maximum atomic E-state index is 14.0. The number of nitrogens with one attached hydrogen (secondary N) is 1. The fourth-order valence-electron chi connectivity index (χ4n) is 8.64. The molecule has 8 rings (SSSR count). The molecule has 1 spiro atoms. The molecule has 40 heavy (non-hydrogen) atoms. The Balaban J connectivity index is 1.14. The van der Waals surface area contributed by atoms with Gasteiger partial charge in [-0.05, 0) is 92.7 Å². The van der Waals surface area contributed by atoms with E-state index in [4.69, 9.17) is 9.47 Å². The van der Waals surface area contributed by atoms with Gasteiger partial charge >= 0.3 is 0 Å². The van der Waals surface area contributed by atoms with Crippen LogP contribution >= 0.6 is 0 Å². The number of amides is 1. The van der Waals surface area contributed by atoms with Gasteiger partial charge in [-0.1, -0.05) is 6.07 Å². The van der Waals surface area contributed by atoms with Crippen molar-refractivity contribution in [1.82, 2.24) is 14.8 Å². The van der Waals surface area contributed by atoms with Gasteiger partial charge in [0, 0.05) is 48.9 Å². The van der Waals surface area contributed by atoms with Crippen molar-refractivity contribution in [3.63, 3.8) is 0 Å². The van der Waals surface area contributed by atoms with Crippen molar-refractivity contribution < 1.29 is 19.4 Å². The Morgan fingerprint density at radius 3 is 2.60 bits per heavy atom. The van der Waals surface area contributed by atoms with E-state index in [-0.39, 0.29) is 23.2 Å². The molecule has 8 nitrogen and oxygen atoms in total. The highest BCUT2D eigenvalue weighted by Crippen LogP contribution is 2.67. The first-order valence-corrected chi connectivity index (χ1v) is 14.5. The van der Waals surface area contributed by atoms with Gasteiger partial charge in [0.2, 0.25) is 0 Å². The predicted molar refractivity (Wildman–Crippen MR) is 152 cm³/mol. The van der Waals surface area contributed by atoms with E-state index in [0.717, 1.165) is 67.3 Å². The van der Waals surface area contributed by atoms with Gasteiger partial charge in [-0.25, -0.2) is 0 Å². The second kappa shape index (κ2) is 8.43. The minimum atomic E-state index is -0.130. The van der Waals surface area contributed by atoms with Crippen LogP contribution in [0.2, 0.25) is 0 Å². The van der Waals surface area contributed by atoms with Gasteiger partial charge in [-0.2, -0.15) is 0 Å². The first-order chi connectivity index (χ1) is 19.4. The molecule has 1 aromatic heterocycles. The zero-order valence-corrected chi connectivity index (χ0v) is 23.4. The molecular formula is C32H36N4O4. The van der Waals surface area contributed by atoms with Gasteiger partial charge in [0.05, 0.1) is 12.8 Å². The van der Waals surface area contributed by atoms with Crippen LogP contribution in [0.3, 0.4) is 0 Å². The quantitative estimate of drug-likeness (QED) is 0.526. The lowest BCUT2D eigenvalue weighted by atomic mass is 9.51. The minimum absolute atomic E-state index is 0.0756. The Morgan fingerprint density at radius 2 is 1.85 bits per heavy atom. The first-order valence-electron chi connectivity index (χ1n) is 14.5. The highest BCUT2D eigenvalue weighted by Gasteiger charge is 2.65. The van der Waals surface area contributed by atoms with Gasteiger partial charge in [0.25, 0.3) is 5.91 Å². The van der Waals surface area contributed by atoms with Gasteiger partial charge in [0.1, 0.15) is 17.5 Å². The van der Waals surface area contributed by atoms with Crippen LogP contribution in [-0.4, -0.2) is 78.7 Å². The molecule has 2 N–H and O–H groups in total.